The van der Waals surface area contributed by atoms with E-state index in [2.05, 4.69) is 24.9 Å². The molecule has 0 aromatic carbocycles. The minimum atomic E-state index is -0.454. The number of thiazole rings is 1. The third-order valence-corrected chi connectivity index (χ3v) is 2.53. The lowest BCUT2D eigenvalue weighted by molar-refractivity contribution is 0.0595. The Kier molecular flexibility index (Phi) is 2.46. The summed E-state index contributed by atoms with van der Waals surface area (Å²) in [4.78, 5) is 19.3. The highest BCUT2D eigenvalue weighted by Crippen LogP contribution is 2.20. The molecule has 0 radical (unpaired) electrons. The zero-order valence-corrected chi connectivity index (χ0v) is 8.96. The Balaban J connectivity index is 2.31. The van der Waals surface area contributed by atoms with E-state index in [1.807, 2.05) is 0 Å². The van der Waals surface area contributed by atoms with Gasteiger partial charge in [-0.1, -0.05) is 0 Å². The number of carbonyl (C=O) groups excluding carboxylic acids is 1. The lowest BCUT2D eigenvalue weighted by Crippen LogP contribution is -2.01. The zero-order valence-electron chi connectivity index (χ0n) is 8.14. The molecule has 0 aliphatic rings. The molecule has 0 saturated heterocycles. The highest BCUT2D eigenvalue weighted by Gasteiger charge is 2.14. The van der Waals surface area contributed by atoms with Crippen LogP contribution in [0, 0.1) is 6.92 Å². The second-order valence-corrected chi connectivity index (χ2v) is 3.63. The molecular weight excluding hydrogens is 216 g/mol. The highest BCUT2D eigenvalue weighted by molar-refractivity contribution is 7.13. The molecule has 0 aliphatic carbocycles. The van der Waals surface area contributed by atoms with Crippen molar-refractivity contribution in [3.05, 3.63) is 16.9 Å². The molecule has 6 nitrogen and oxygen atoms in total. The van der Waals surface area contributed by atoms with Gasteiger partial charge in [0.25, 0.3) is 0 Å². The third-order valence-electron chi connectivity index (χ3n) is 1.69. The third kappa shape index (κ3) is 1.86. The van der Waals surface area contributed by atoms with Crippen LogP contribution in [0.15, 0.2) is 5.38 Å². The number of methoxy groups -OCH3 is 1. The SMILES string of the molecule is COC(=O)c1csc(-c2n[nH]c(C)n2)n1. The molecule has 0 spiro atoms. The maximum absolute atomic E-state index is 11.1. The Morgan fingerprint density at radius 3 is 2.93 bits per heavy atom. The number of aryl methyl sites for hydroxylation is 1. The van der Waals surface area contributed by atoms with E-state index >= 15 is 0 Å². The van der Waals surface area contributed by atoms with Crippen LogP contribution < -0.4 is 0 Å². The van der Waals surface area contributed by atoms with Crippen LogP contribution in [0.4, 0.5) is 0 Å². The Labute approximate surface area is 89.3 Å². The molecule has 0 bridgehead atoms. The summed E-state index contributed by atoms with van der Waals surface area (Å²) in [7, 11) is 1.32. The van der Waals surface area contributed by atoms with Crippen molar-refractivity contribution in [3.63, 3.8) is 0 Å². The predicted octanol–water partition coefficient (Wildman–Crippen LogP) is 1.02. The van der Waals surface area contributed by atoms with E-state index in [1.165, 1.54) is 18.4 Å². The molecule has 7 heteroatoms. The Hall–Kier alpha value is -1.76. The average Bonchev–Trinajstić information content (AvgIpc) is 2.84. The zero-order chi connectivity index (χ0) is 10.8. The quantitative estimate of drug-likeness (QED) is 0.770. The van der Waals surface area contributed by atoms with Crippen LogP contribution >= 0.6 is 11.3 Å². The van der Waals surface area contributed by atoms with E-state index in [0.717, 1.165) is 0 Å². The summed E-state index contributed by atoms with van der Waals surface area (Å²) >= 11 is 1.30. The molecule has 0 atom stereocenters. The van der Waals surface area contributed by atoms with Gasteiger partial charge in [-0.3, -0.25) is 5.10 Å². The number of esters is 1. The number of aromatic amines is 1. The van der Waals surface area contributed by atoms with Crippen LogP contribution in [-0.4, -0.2) is 33.2 Å². The first kappa shape index (κ1) is 9.78. The van der Waals surface area contributed by atoms with Crippen molar-refractivity contribution in [1.82, 2.24) is 20.2 Å². The summed E-state index contributed by atoms with van der Waals surface area (Å²) in [5.41, 5.74) is 0.278. The Morgan fingerprint density at radius 2 is 2.33 bits per heavy atom. The number of aromatic nitrogens is 4. The molecule has 0 saturated carbocycles. The first-order chi connectivity index (χ1) is 7.20. The van der Waals surface area contributed by atoms with E-state index in [9.17, 15) is 4.79 Å². The number of ether oxygens (including phenoxy) is 1. The van der Waals surface area contributed by atoms with Crippen molar-refractivity contribution >= 4 is 17.3 Å². The van der Waals surface area contributed by atoms with Gasteiger partial charge in [0.05, 0.1) is 7.11 Å². The summed E-state index contributed by atoms with van der Waals surface area (Å²) in [5, 5.41) is 8.87. The maximum Gasteiger partial charge on any atom is 0.357 e. The molecule has 78 valence electrons. The molecule has 2 heterocycles. The molecule has 0 aliphatic heterocycles. The van der Waals surface area contributed by atoms with Crippen molar-refractivity contribution in [1.29, 1.82) is 0 Å². The molecule has 0 amide bonds. The fourth-order valence-electron chi connectivity index (χ4n) is 1.01. The maximum atomic E-state index is 11.1. The number of nitrogens with zero attached hydrogens (tertiary/aromatic N) is 3. The van der Waals surface area contributed by atoms with Gasteiger partial charge in [-0.05, 0) is 6.92 Å². The lowest BCUT2D eigenvalue weighted by Gasteiger charge is -1.90. The monoisotopic (exact) mass is 224 g/mol. The first-order valence-corrected chi connectivity index (χ1v) is 5.02. The second kappa shape index (κ2) is 3.77. The number of H-pyrrole nitrogens is 1. The second-order valence-electron chi connectivity index (χ2n) is 2.77. The standard InChI is InChI=1S/C8H8N4O2S/c1-4-9-6(12-11-4)7-10-5(3-15-7)8(13)14-2/h3H,1-2H3,(H,9,11,12). The highest BCUT2D eigenvalue weighted by atomic mass is 32.1. The van der Waals surface area contributed by atoms with Crippen LogP contribution in [0.3, 0.4) is 0 Å². The fraction of sp³-hybridized carbons (Fsp3) is 0.250. The Bertz CT molecular complexity index is 490. The van der Waals surface area contributed by atoms with Crippen molar-refractivity contribution in [2.24, 2.45) is 0 Å². The molecule has 2 rings (SSSR count). The molecule has 15 heavy (non-hydrogen) atoms. The fourth-order valence-corrected chi connectivity index (χ4v) is 1.73. The van der Waals surface area contributed by atoms with Gasteiger partial charge in [0.15, 0.2) is 10.7 Å². The normalized spacial score (nSPS) is 10.3. The topological polar surface area (TPSA) is 80.8 Å². The van der Waals surface area contributed by atoms with Gasteiger partial charge in [0.1, 0.15) is 5.82 Å². The van der Waals surface area contributed by atoms with Crippen molar-refractivity contribution in [3.8, 4) is 10.8 Å². The number of carbonyl (C=O) groups is 1. The van der Waals surface area contributed by atoms with Crippen molar-refractivity contribution in [2.75, 3.05) is 7.11 Å². The summed E-state index contributed by atoms with van der Waals surface area (Å²) in [6.07, 6.45) is 0. The van der Waals surface area contributed by atoms with Crippen LogP contribution in [0.2, 0.25) is 0 Å². The minimum Gasteiger partial charge on any atom is -0.464 e. The summed E-state index contributed by atoms with van der Waals surface area (Å²) in [5.74, 6) is 0.747. The molecule has 2 aromatic rings. The minimum absolute atomic E-state index is 0.278. The molecule has 0 unspecified atom stereocenters. The molecule has 2 aromatic heterocycles. The van der Waals surface area contributed by atoms with E-state index in [4.69, 9.17) is 0 Å². The van der Waals surface area contributed by atoms with Crippen LogP contribution in [0.5, 0.6) is 0 Å². The van der Waals surface area contributed by atoms with Gasteiger partial charge in [-0.2, -0.15) is 5.10 Å². The summed E-state index contributed by atoms with van der Waals surface area (Å²) < 4.78 is 4.55. The van der Waals surface area contributed by atoms with Gasteiger partial charge in [-0.15, -0.1) is 11.3 Å². The molecule has 0 fully saturated rings. The van der Waals surface area contributed by atoms with Gasteiger partial charge < -0.3 is 4.74 Å². The van der Waals surface area contributed by atoms with Gasteiger partial charge in [-0.25, -0.2) is 14.8 Å². The van der Waals surface area contributed by atoms with Crippen molar-refractivity contribution < 1.29 is 9.53 Å². The lowest BCUT2D eigenvalue weighted by atomic mass is 10.5. The number of hydrogen-bond donors (Lipinski definition) is 1. The summed E-state index contributed by atoms with van der Waals surface area (Å²) in [6.45, 7) is 1.80. The number of nitrogens with one attached hydrogen (secondary N) is 1. The van der Waals surface area contributed by atoms with Gasteiger partial charge >= 0.3 is 5.97 Å². The van der Waals surface area contributed by atoms with Gasteiger partial charge in [0.2, 0.25) is 5.82 Å². The van der Waals surface area contributed by atoms with E-state index in [0.29, 0.717) is 16.7 Å². The van der Waals surface area contributed by atoms with E-state index in [1.54, 1.807) is 12.3 Å². The predicted molar refractivity (Wildman–Crippen MR) is 53.6 cm³/mol. The van der Waals surface area contributed by atoms with Crippen LogP contribution in [-0.2, 0) is 4.74 Å². The van der Waals surface area contributed by atoms with Crippen molar-refractivity contribution in [2.45, 2.75) is 6.92 Å². The smallest absolute Gasteiger partial charge is 0.357 e. The van der Waals surface area contributed by atoms with E-state index < -0.39 is 5.97 Å². The summed E-state index contributed by atoms with van der Waals surface area (Å²) in [6, 6.07) is 0. The van der Waals surface area contributed by atoms with Gasteiger partial charge in [0, 0.05) is 5.38 Å². The largest absolute Gasteiger partial charge is 0.464 e. The number of hydrogen-bond acceptors (Lipinski definition) is 6. The van der Waals surface area contributed by atoms with Crippen LogP contribution in [0.1, 0.15) is 16.3 Å². The molecular formula is C8H8N4O2S. The van der Waals surface area contributed by atoms with Crippen LogP contribution in [0.25, 0.3) is 10.8 Å². The number of rotatable bonds is 2. The average molecular weight is 224 g/mol. The molecule has 1 N–H and O–H groups in total. The first-order valence-electron chi connectivity index (χ1n) is 4.14. The Morgan fingerprint density at radius 1 is 1.53 bits per heavy atom. The van der Waals surface area contributed by atoms with E-state index in [-0.39, 0.29) is 5.69 Å².